The quantitative estimate of drug-likeness (QED) is 0.814. The monoisotopic (exact) mass is 365 g/mol. The Labute approximate surface area is 146 Å². The molecule has 2 fully saturated rings. The number of hydrogen-bond donors (Lipinski definition) is 0. The van der Waals surface area contributed by atoms with Crippen molar-refractivity contribution in [3.05, 3.63) is 47.4 Å². The van der Waals surface area contributed by atoms with Gasteiger partial charge in [-0.05, 0) is 43.4 Å². The highest BCUT2D eigenvalue weighted by molar-refractivity contribution is 7.88. The lowest BCUT2D eigenvalue weighted by atomic mass is 9.98. The van der Waals surface area contributed by atoms with E-state index < -0.39 is 15.8 Å². The van der Waals surface area contributed by atoms with Gasteiger partial charge in [0.05, 0.1) is 5.75 Å². The molecule has 0 unspecified atom stereocenters. The highest BCUT2D eigenvalue weighted by atomic mass is 32.2. The van der Waals surface area contributed by atoms with Gasteiger partial charge in [-0.2, -0.15) is 0 Å². The summed E-state index contributed by atoms with van der Waals surface area (Å²) in [6.45, 7) is 0.840. The van der Waals surface area contributed by atoms with E-state index >= 15 is 0 Å². The SMILES string of the molecule is O=S(=O)(Cc1cccc(F)c1)N1CCC(c2nnc(C3CC3)o2)CC1. The van der Waals surface area contributed by atoms with Crippen LogP contribution < -0.4 is 0 Å². The summed E-state index contributed by atoms with van der Waals surface area (Å²) in [4.78, 5) is 0. The smallest absolute Gasteiger partial charge is 0.219 e. The van der Waals surface area contributed by atoms with Gasteiger partial charge in [-0.3, -0.25) is 0 Å². The number of sulfonamides is 1. The highest BCUT2D eigenvalue weighted by Crippen LogP contribution is 2.40. The molecular formula is C17H20FN3O3S. The fraction of sp³-hybridized carbons (Fsp3) is 0.529. The van der Waals surface area contributed by atoms with Crippen LogP contribution in [-0.4, -0.2) is 36.0 Å². The predicted octanol–water partition coefficient (Wildman–Crippen LogP) is 2.80. The summed E-state index contributed by atoms with van der Waals surface area (Å²) >= 11 is 0. The van der Waals surface area contributed by atoms with Gasteiger partial charge in [0, 0.05) is 24.9 Å². The molecule has 1 aliphatic heterocycles. The zero-order chi connectivity index (χ0) is 17.4. The van der Waals surface area contributed by atoms with Gasteiger partial charge in [0.1, 0.15) is 5.82 Å². The Kier molecular flexibility index (Phi) is 4.33. The normalized spacial score (nSPS) is 20.0. The van der Waals surface area contributed by atoms with Crippen molar-refractivity contribution in [3.8, 4) is 0 Å². The first-order valence-electron chi connectivity index (χ1n) is 8.57. The fourth-order valence-electron chi connectivity index (χ4n) is 3.22. The van der Waals surface area contributed by atoms with Crippen LogP contribution in [0.4, 0.5) is 4.39 Å². The van der Waals surface area contributed by atoms with Gasteiger partial charge in [-0.1, -0.05) is 12.1 Å². The van der Waals surface area contributed by atoms with Crippen LogP contribution in [0.25, 0.3) is 0 Å². The maximum atomic E-state index is 13.3. The molecule has 4 rings (SSSR count). The first kappa shape index (κ1) is 16.7. The molecule has 2 aliphatic rings. The first-order chi connectivity index (χ1) is 12.0. The number of hydrogen-bond acceptors (Lipinski definition) is 5. The lowest BCUT2D eigenvalue weighted by Crippen LogP contribution is -2.38. The second-order valence-corrected chi connectivity index (χ2v) is 8.78. The van der Waals surface area contributed by atoms with Crippen LogP contribution in [-0.2, 0) is 15.8 Å². The van der Waals surface area contributed by atoms with E-state index in [0.717, 1.165) is 18.7 Å². The second kappa shape index (κ2) is 6.49. The second-order valence-electron chi connectivity index (χ2n) is 6.81. The molecule has 1 aromatic heterocycles. The summed E-state index contributed by atoms with van der Waals surface area (Å²) in [5, 5.41) is 8.24. The molecule has 25 heavy (non-hydrogen) atoms. The minimum absolute atomic E-state index is 0.112. The summed E-state index contributed by atoms with van der Waals surface area (Å²) in [5.41, 5.74) is 0.466. The third-order valence-corrected chi connectivity index (χ3v) is 6.67. The van der Waals surface area contributed by atoms with E-state index in [2.05, 4.69) is 10.2 Å². The maximum absolute atomic E-state index is 13.3. The lowest BCUT2D eigenvalue weighted by Gasteiger charge is -2.29. The number of benzene rings is 1. The molecule has 0 atom stereocenters. The molecule has 0 N–H and O–H groups in total. The summed E-state index contributed by atoms with van der Waals surface area (Å²) in [5.74, 6) is 1.28. The molecule has 6 nitrogen and oxygen atoms in total. The van der Waals surface area contributed by atoms with Crippen molar-refractivity contribution < 1.29 is 17.2 Å². The molecule has 0 amide bonds. The fourth-order valence-corrected chi connectivity index (χ4v) is 4.77. The Morgan fingerprint density at radius 3 is 2.32 bits per heavy atom. The van der Waals surface area contributed by atoms with Gasteiger partial charge in [0.15, 0.2) is 0 Å². The van der Waals surface area contributed by atoms with E-state index in [1.54, 1.807) is 6.07 Å². The van der Waals surface area contributed by atoms with Crippen molar-refractivity contribution in [3.63, 3.8) is 0 Å². The van der Waals surface area contributed by atoms with E-state index in [0.29, 0.717) is 43.3 Å². The number of nitrogens with zero attached hydrogens (tertiary/aromatic N) is 3. The number of piperidine rings is 1. The topological polar surface area (TPSA) is 76.3 Å². The van der Waals surface area contributed by atoms with E-state index in [-0.39, 0.29) is 11.7 Å². The molecule has 8 heteroatoms. The molecule has 1 saturated carbocycles. The largest absolute Gasteiger partial charge is 0.425 e. The van der Waals surface area contributed by atoms with E-state index in [9.17, 15) is 12.8 Å². The summed E-state index contributed by atoms with van der Waals surface area (Å²) in [6, 6.07) is 5.73. The van der Waals surface area contributed by atoms with Crippen molar-refractivity contribution in [2.75, 3.05) is 13.1 Å². The van der Waals surface area contributed by atoms with Crippen molar-refractivity contribution in [1.82, 2.24) is 14.5 Å². The Morgan fingerprint density at radius 2 is 1.72 bits per heavy atom. The van der Waals surface area contributed by atoms with E-state index in [1.807, 2.05) is 0 Å². The van der Waals surface area contributed by atoms with Crippen molar-refractivity contribution in [2.45, 2.75) is 43.3 Å². The van der Waals surface area contributed by atoms with Gasteiger partial charge in [0.2, 0.25) is 21.8 Å². The average Bonchev–Trinajstić information content (AvgIpc) is 3.32. The molecule has 0 bridgehead atoms. The van der Waals surface area contributed by atoms with Crippen molar-refractivity contribution in [2.24, 2.45) is 0 Å². The summed E-state index contributed by atoms with van der Waals surface area (Å²) in [7, 11) is -3.46. The molecule has 1 saturated heterocycles. The van der Waals surface area contributed by atoms with Crippen LogP contribution in [0.3, 0.4) is 0 Å². The maximum Gasteiger partial charge on any atom is 0.219 e. The van der Waals surface area contributed by atoms with Crippen LogP contribution in [0.1, 0.15) is 54.9 Å². The van der Waals surface area contributed by atoms with Gasteiger partial charge in [0.25, 0.3) is 0 Å². The molecule has 0 radical (unpaired) electrons. The average molecular weight is 365 g/mol. The molecule has 1 aromatic carbocycles. The van der Waals surface area contributed by atoms with E-state index in [4.69, 9.17) is 4.42 Å². The van der Waals surface area contributed by atoms with Gasteiger partial charge < -0.3 is 4.42 Å². The molecule has 2 heterocycles. The zero-order valence-corrected chi connectivity index (χ0v) is 14.6. The van der Waals surface area contributed by atoms with Crippen LogP contribution in [0, 0.1) is 5.82 Å². The van der Waals surface area contributed by atoms with Crippen LogP contribution in [0.5, 0.6) is 0 Å². The third kappa shape index (κ3) is 3.74. The third-order valence-electron chi connectivity index (χ3n) is 4.82. The van der Waals surface area contributed by atoms with Crippen LogP contribution in [0.15, 0.2) is 28.7 Å². The zero-order valence-electron chi connectivity index (χ0n) is 13.8. The van der Waals surface area contributed by atoms with Gasteiger partial charge in [-0.15, -0.1) is 10.2 Å². The Bertz CT molecular complexity index is 856. The number of rotatable bonds is 5. The van der Waals surface area contributed by atoms with Gasteiger partial charge in [-0.25, -0.2) is 17.1 Å². The van der Waals surface area contributed by atoms with Crippen LogP contribution >= 0.6 is 0 Å². The highest BCUT2D eigenvalue weighted by Gasteiger charge is 2.33. The minimum Gasteiger partial charge on any atom is -0.425 e. The molecular weight excluding hydrogens is 345 g/mol. The molecule has 2 aromatic rings. The number of aromatic nitrogens is 2. The Morgan fingerprint density at radius 1 is 1.08 bits per heavy atom. The summed E-state index contributed by atoms with van der Waals surface area (Å²) in [6.07, 6.45) is 3.54. The molecule has 134 valence electrons. The van der Waals surface area contributed by atoms with Gasteiger partial charge >= 0.3 is 0 Å². The Hall–Kier alpha value is -1.80. The minimum atomic E-state index is -3.46. The molecule has 1 aliphatic carbocycles. The predicted molar refractivity (Wildman–Crippen MR) is 88.8 cm³/mol. The van der Waals surface area contributed by atoms with Crippen molar-refractivity contribution >= 4 is 10.0 Å². The van der Waals surface area contributed by atoms with E-state index in [1.165, 1.54) is 22.5 Å². The molecule has 0 spiro atoms. The first-order valence-corrected chi connectivity index (χ1v) is 10.2. The lowest BCUT2D eigenvalue weighted by molar-refractivity contribution is 0.286. The summed E-state index contributed by atoms with van der Waals surface area (Å²) < 4.78 is 45.6. The standard InChI is InChI=1S/C17H20FN3O3S/c18-15-3-1-2-12(10-15)11-25(22,23)21-8-6-14(7-9-21)17-20-19-16(24-17)13-4-5-13/h1-3,10,13-14H,4-9,11H2. The van der Waals surface area contributed by atoms with Crippen LogP contribution in [0.2, 0.25) is 0 Å². The Balaban J connectivity index is 1.38. The number of halogens is 1. The van der Waals surface area contributed by atoms with Crippen molar-refractivity contribution in [1.29, 1.82) is 0 Å².